The van der Waals surface area contributed by atoms with Crippen LogP contribution in [-0.4, -0.2) is 31.3 Å². The van der Waals surface area contributed by atoms with Crippen LogP contribution >= 0.6 is 0 Å². The molecule has 1 aliphatic rings. The van der Waals surface area contributed by atoms with Crippen molar-refractivity contribution in [3.8, 4) is 0 Å². The van der Waals surface area contributed by atoms with Crippen LogP contribution in [0.1, 0.15) is 37.0 Å². The number of hydrogen-bond acceptors (Lipinski definition) is 4. The first kappa shape index (κ1) is 21.3. The Morgan fingerprint density at radius 1 is 1.17 bits per heavy atom. The van der Waals surface area contributed by atoms with E-state index in [0.29, 0.717) is 12.0 Å². The van der Waals surface area contributed by atoms with Crippen molar-refractivity contribution in [3.63, 3.8) is 0 Å². The van der Waals surface area contributed by atoms with Gasteiger partial charge in [0, 0.05) is 6.54 Å². The quantitative estimate of drug-likeness (QED) is 0.690. The second-order valence-corrected chi connectivity index (χ2v) is 9.61. The standard InChI is InChI=1S/C23H27NO4S/c1-16(2)22(23(25)28-15-19-9-7-8-17(3)14-19)24-13-12-18(4)20-10-5-6-11-21(20)29(24,26)27/h5-11,14,16,22H,4,12-13,15H2,1-3H3/t22-/m1/s1. The van der Waals surface area contributed by atoms with E-state index in [4.69, 9.17) is 4.74 Å². The van der Waals surface area contributed by atoms with Gasteiger partial charge in [-0.3, -0.25) is 4.79 Å². The lowest BCUT2D eigenvalue weighted by molar-refractivity contribution is -0.151. The van der Waals surface area contributed by atoms with Crippen molar-refractivity contribution in [3.05, 3.63) is 71.8 Å². The van der Waals surface area contributed by atoms with Gasteiger partial charge in [0.05, 0.1) is 4.90 Å². The van der Waals surface area contributed by atoms with E-state index in [2.05, 4.69) is 6.58 Å². The number of benzene rings is 2. The minimum atomic E-state index is -3.86. The summed E-state index contributed by atoms with van der Waals surface area (Å²) in [6.07, 6.45) is 0.463. The summed E-state index contributed by atoms with van der Waals surface area (Å²) in [6.45, 7) is 9.98. The van der Waals surface area contributed by atoms with Gasteiger partial charge in [-0.05, 0) is 42.0 Å². The summed E-state index contributed by atoms with van der Waals surface area (Å²) in [4.78, 5) is 13.2. The van der Waals surface area contributed by atoms with E-state index in [1.807, 2.05) is 45.0 Å². The lowest BCUT2D eigenvalue weighted by Gasteiger charge is -2.30. The third kappa shape index (κ3) is 4.43. The SMILES string of the molecule is C=C1CCN([C@@H](C(=O)OCc2cccc(C)c2)C(C)C)S(=O)(=O)c2ccccc21. The van der Waals surface area contributed by atoms with Crippen molar-refractivity contribution in [2.45, 2.75) is 44.7 Å². The molecule has 1 heterocycles. The number of hydrogen-bond donors (Lipinski definition) is 0. The lowest BCUT2D eigenvalue weighted by atomic mass is 10.0. The second-order valence-electron chi connectivity index (χ2n) is 7.75. The van der Waals surface area contributed by atoms with Gasteiger partial charge in [0.2, 0.25) is 10.0 Å². The summed E-state index contributed by atoms with van der Waals surface area (Å²) < 4.78 is 33.7. The van der Waals surface area contributed by atoms with Gasteiger partial charge < -0.3 is 4.74 Å². The molecule has 5 nitrogen and oxygen atoms in total. The molecule has 0 aromatic heterocycles. The highest BCUT2D eigenvalue weighted by Gasteiger charge is 2.41. The summed E-state index contributed by atoms with van der Waals surface area (Å²) in [7, 11) is -3.86. The molecule has 29 heavy (non-hydrogen) atoms. The summed E-state index contributed by atoms with van der Waals surface area (Å²) in [5.41, 5.74) is 3.32. The zero-order valence-electron chi connectivity index (χ0n) is 17.1. The van der Waals surface area contributed by atoms with E-state index in [9.17, 15) is 13.2 Å². The lowest BCUT2D eigenvalue weighted by Crippen LogP contribution is -2.48. The molecule has 2 aromatic rings. The highest BCUT2D eigenvalue weighted by atomic mass is 32.2. The normalized spacial score (nSPS) is 17.4. The highest BCUT2D eigenvalue weighted by Crippen LogP contribution is 2.34. The number of fused-ring (bicyclic) bond motifs is 1. The molecule has 0 unspecified atom stereocenters. The monoisotopic (exact) mass is 413 g/mol. The van der Waals surface area contributed by atoms with Crippen LogP contribution < -0.4 is 0 Å². The third-order valence-electron chi connectivity index (χ3n) is 5.14. The molecule has 0 saturated heterocycles. The van der Waals surface area contributed by atoms with Gasteiger partial charge >= 0.3 is 5.97 Å². The predicted molar refractivity (Wildman–Crippen MR) is 114 cm³/mol. The fourth-order valence-corrected chi connectivity index (χ4v) is 5.62. The van der Waals surface area contributed by atoms with Gasteiger partial charge in [0.1, 0.15) is 12.6 Å². The van der Waals surface area contributed by atoms with E-state index in [1.54, 1.807) is 24.3 Å². The molecule has 1 atom stereocenters. The van der Waals surface area contributed by atoms with E-state index in [1.165, 1.54) is 4.31 Å². The van der Waals surface area contributed by atoms with Crippen LogP contribution in [0.5, 0.6) is 0 Å². The number of carbonyl (C=O) groups excluding carboxylic acids is 1. The summed E-state index contributed by atoms with van der Waals surface area (Å²) in [5, 5.41) is 0. The number of carbonyl (C=O) groups is 1. The first-order valence-corrected chi connectivity index (χ1v) is 11.2. The second kappa shape index (κ2) is 8.51. The van der Waals surface area contributed by atoms with Gasteiger partial charge in [-0.2, -0.15) is 4.31 Å². The summed E-state index contributed by atoms with van der Waals surface area (Å²) in [5.74, 6) is -0.775. The number of esters is 1. The maximum Gasteiger partial charge on any atom is 0.325 e. The van der Waals surface area contributed by atoms with Gasteiger partial charge in [-0.15, -0.1) is 0 Å². The van der Waals surface area contributed by atoms with Gasteiger partial charge in [0.15, 0.2) is 0 Å². The molecule has 6 heteroatoms. The van der Waals surface area contributed by atoms with E-state index >= 15 is 0 Å². The van der Waals surface area contributed by atoms with Gasteiger partial charge in [-0.25, -0.2) is 8.42 Å². The molecular weight excluding hydrogens is 386 g/mol. The minimum absolute atomic E-state index is 0.112. The molecular formula is C23H27NO4S. The van der Waals surface area contributed by atoms with Crippen molar-refractivity contribution in [2.75, 3.05) is 6.54 Å². The minimum Gasteiger partial charge on any atom is -0.460 e. The zero-order chi connectivity index (χ0) is 21.2. The van der Waals surface area contributed by atoms with E-state index in [0.717, 1.165) is 16.7 Å². The maximum absolute atomic E-state index is 13.4. The van der Waals surface area contributed by atoms with Crippen LogP contribution in [0.2, 0.25) is 0 Å². The van der Waals surface area contributed by atoms with Crippen molar-refractivity contribution in [1.82, 2.24) is 4.31 Å². The van der Waals surface area contributed by atoms with Crippen molar-refractivity contribution in [2.24, 2.45) is 5.92 Å². The maximum atomic E-state index is 13.4. The number of nitrogens with zero attached hydrogens (tertiary/aromatic N) is 1. The Bertz CT molecular complexity index is 1030. The van der Waals surface area contributed by atoms with Crippen LogP contribution in [0.3, 0.4) is 0 Å². The number of rotatable bonds is 5. The Morgan fingerprint density at radius 3 is 2.59 bits per heavy atom. The third-order valence-corrected chi connectivity index (χ3v) is 7.07. The topological polar surface area (TPSA) is 63.7 Å². The molecule has 0 fully saturated rings. The number of sulfonamides is 1. The molecule has 1 aliphatic heterocycles. The molecule has 0 aliphatic carbocycles. The molecule has 0 radical (unpaired) electrons. The Hall–Kier alpha value is -2.44. The molecule has 0 bridgehead atoms. The summed E-state index contributed by atoms with van der Waals surface area (Å²) >= 11 is 0. The Kier molecular flexibility index (Phi) is 6.24. The Balaban J connectivity index is 1.90. The highest BCUT2D eigenvalue weighted by molar-refractivity contribution is 7.89. The van der Waals surface area contributed by atoms with Crippen LogP contribution in [0, 0.1) is 12.8 Å². The van der Waals surface area contributed by atoms with Crippen molar-refractivity contribution >= 4 is 21.6 Å². The Labute approximate surface area is 173 Å². The average Bonchev–Trinajstić information content (AvgIpc) is 2.77. The smallest absolute Gasteiger partial charge is 0.325 e. The largest absolute Gasteiger partial charge is 0.460 e. The summed E-state index contributed by atoms with van der Waals surface area (Å²) in [6, 6.07) is 13.6. The molecule has 0 saturated carbocycles. The average molecular weight is 414 g/mol. The fourth-order valence-electron chi connectivity index (χ4n) is 3.66. The molecule has 0 N–H and O–H groups in total. The van der Waals surface area contributed by atoms with Crippen LogP contribution in [0.25, 0.3) is 5.57 Å². The zero-order valence-corrected chi connectivity index (χ0v) is 17.9. The van der Waals surface area contributed by atoms with Crippen LogP contribution in [0.15, 0.2) is 60.0 Å². The predicted octanol–water partition coefficient (Wildman–Crippen LogP) is 4.17. The number of ether oxygens (including phenoxy) is 1. The van der Waals surface area contributed by atoms with E-state index < -0.39 is 22.0 Å². The van der Waals surface area contributed by atoms with E-state index in [-0.39, 0.29) is 24.0 Å². The Morgan fingerprint density at radius 2 is 1.90 bits per heavy atom. The first-order chi connectivity index (χ1) is 13.7. The molecule has 154 valence electrons. The van der Waals surface area contributed by atoms with Gasteiger partial charge in [0.25, 0.3) is 0 Å². The molecule has 0 spiro atoms. The van der Waals surface area contributed by atoms with Crippen molar-refractivity contribution in [1.29, 1.82) is 0 Å². The van der Waals surface area contributed by atoms with Crippen LogP contribution in [0.4, 0.5) is 0 Å². The van der Waals surface area contributed by atoms with Crippen molar-refractivity contribution < 1.29 is 17.9 Å². The van der Waals surface area contributed by atoms with Crippen LogP contribution in [-0.2, 0) is 26.2 Å². The first-order valence-electron chi connectivity index (χ1n) is 9.73. The molecule has 0 amide bonds. The fraction of sp³-hybridized carbons (Fsp3) is 0.348. The number of aryl methyl sites for hydroxylation is 1. The molecule has 2 aromatic carbocycles. The molecule has 3 rings (SSSR count). The van der Waals surface area contributed by atoms with Gasteiger partial charge in [-0.1, -0.05) is 68.5 Å².